The Hall–Kier alpha value is -2.91. The van der Waals surface area contributed by atoms with Crippen molar-refractivity contribution in [2.24, 2.45) is 0 Å². The zero-order valence-electron chi connectivity index (χ0n) is 14.6. The number of nitrogens with zero attached hydrogens (tertiary/aromatic N) is 3. The molecule has 0 radical (unpaired) electrons. The number of hydrogen-bond donors (Lipinski definition) is 3. The molecule has 0 saturated carbocycles. The van der Waals surface area contributed by atoms with Crippen LogP contribution in [-0.4, -0.2) is 33.1 Å². The van der Waals surface area contributed by atoms with Crippen molar-refractivity contribution in [3.05, 3.63) is 47.6 Å². The highest BCUT2D eigenvalue weighted by Gasteiger charge is 2.39. The van der Waals surface area contributed by atoms with Crippen molar-refractivity contribution in [2.45, 2.75) is 44.3 Å². The summed E-state index contributed by atoms with van der Waals surface area (Å²) in [5.74, 6) is 0.692. The normalized spacial score (nSPS) is 24.1. The Bertz CT molecular complexity index is 1030. The minimum atomic E-state index is 0.411. The molecule has 2 aliphatic rings. The summed E-state index contributed by atoms with van der Waals surface area (Å²) in [4.78, 5) is 16.1. The van der Waals surface area contributed by atoms with E-state index in [2.05, 4.69) is 25.4 Å². The van der Waals surface area contributed by atoms with Gasteiger partial charge in [-0.05, 0) is 37.8 Å². The van der Waals surface area contributed by atoms with Gasteiger partial charge in [0.15, 0.2) is 5.69 Å². The number of fused-ring (bicyclic) bond motifs is 3. The van der Waals surface area contributed by atoms with E-state index in [0.29, 0.717) is 29.8 Å². The number of aryl methyl sites for hydroxylation is 1. The highest BCUT2D eigenvalue weighted by atomic mass is 15.2. The van der Waals surface area contributed by atoms with Crippen LogP contribution >= 0.6 is 0 Å². The van der Waals surface area contributed by atoms with Gasteiger partial charge in [-0.3, -0.25) is 0 Å². The minimum absolute atomic E-state index is 0.411. The Kier molecular flexibility index (Phi) is 3.44. The standard InChI is InChI=1S/C20H20N6/c1-11-9-23-20(25-18-8-13-4-6-16(18)24-13)26-19(11)15-10-22-17-7-12(21-2)3-5-14(15)17/h3,5,7,9-10,13,16,18,22,24H,4,6,8H2,1H3,(H,23,25,26)/t13-,16+,18+/m0/s1. The molecule has 4 heterocycles. The van der Waals surface area contributed by atoms with E-state index in [1.54, 1.807) is 0 Å². The number of anilines is 1. The van der Waals surface area contributed by atoms with Gasteiger partial charge in [-0.2, -0.15) is 0 Å². The van der Waals surface area contributed by atoms with Crippen LogP contribution in [0.25, 0.3) is 27.0 Å². The molecule has 2 fully saturated rings. The fraction of sp³-hybridized carbons (Fsp3) is 0.350. The van der Waals surface area contributed by atoms with Gasteiger partial charge in [0.1, 0.15) is 0 Å². The first-order valence-electron chi connectivity index (χ1n) is 9.06. The van der Waals surface area contributed by atoms with Crippen molar-refractivity contribution in [2.75, 3.05) is 5.32 Å². The van der Waals surface area contributed by atoms with Crippen LogP contribution in [0.15, 0.2) is 30.6 Å². The topological polar surface area (TPSA) is 70.0 Å². The second-order valence-corrected chi connectivity index (χ2v) is 7.30. The molecule has 1 aromatic carbocycles. The molecule has 3 atom stereocenters. The third kappa shape index (κ3) is 2.44. The molecule has 0 spiro atoms. The van der Waals surface area contributed by atoms with Crippen LogP contribution < -0.4 is 10.6 Å². The average Bonchev–Trinajstić information content (AvgIpc) is 3.38. The molecule has 130 valence electrons. The smallest absolute Gasteiger partial charge is 0.223 e. The highest BCUT2D eigenvalue weighted by molar-refractivity contribution is 5.96. The van der Waals surface area contributed by atoms with Gasteiger partial charge in [0.25, 0.3) is 0 Å². The fourth-order valence-corrected chi connectivity index (χ4v) is 4.31. The van der Waals surface area contributed by atoms with Crippen molar-refractivity contribution in [3.63, 3.8) is 0 Å². The Balaban J connectivity index is 1.50. The van der Waals surface area contributed by atoms with Crippen molar-refractivity contribution >= 4 is 22.5 Å². The Morgan fingerprint density at radius 1 is 1.31 bits per heavy atom. The molecule has 2 saturated heterocycles. The van der Waals surface area contributed by atoms with Crippen LogP contribution in [0.1, 0.15) is 24.8 Å². The van der Waals surface area contributed by atoms with E-state index in [-0.39, 0.29) is 0 Å². The summed E-state index contributed by atoms with van der Waals surface area (Å²) in [5, 5.41) is 8.25. The molecular formula is C20H20N6. The number of benzene rings is 1. The van der Waals surface area contributed by atoms with Crippen LogP contribution in [0.2, 0.25) is 0 Å². The van der Waals surface area contributed by atoms with Gasteiger partial charge in [-0.1, -0.05) is 12.1 Å². The van der Waals surface area contributed by atoms with Crippen LogP contribution in [-0.2, 0) is 0 Å². The average molecular weight is 344 g/mol. The van der Waals surface area contributed by atoms with E-state index in [4.69, 9.17) is 11.6 Å². The molecule has 6 heteroatoms. The Morgan fingerprint density at radius 2 is 2.23 bits per heavy atom. The van der Waals surface area contributed by atoms with Gasteiger partial charge < -0.3 is 15.6 Å². The van der Waals surface area contributed by atoms with E-state index in [0.717, 1.165) is 34.1 Å². The van der Waals surface area contributed by atoms with Crippen molar-refractivity contribution in [3.8, 4) is 11.3 Å². The van der Waals surface area contributed by atoms with Gasteiger partial charge in [-0.25, -0.2) is 14.8 Å². The Morgan fingerprint density at radius 3 is 3.00 bits per heavy atom. The maximum atomic E-state index is 7.17. The largest absolute Gasteiger partial charge is 0.362 e. The number of rotatable bonds is 3. The number of hydrogen-bond acceptors (Lipinski definition) is 4. The molecule has 2 bridgehead atoms. The lowest BCUT2D eigenvalue weighted by Gasteiger charge is -2.21. The van der Waals surface area contributed by atoms with E-state index in [1.165, 1.54) is 12.8 Å². The number of nitrogens with one attached hydrogen (secondary N) is 3. The second-order valence-electron chi connectivity index (χ2n) is 7.30. The van der Waals surface area contributed by atoms with Gasteiger partial charge in [-0.15, -0.1) is 0 Å². The first-order valence-corrected chi connectivity index (χ1v) is 9.06. The van der Waals surface area contributed by atoms with Crippen LogP contribution in [0.5, 0.6) is 0 Å². The SMILES string of the molecule is [C-]#[N+]c1ccc2c(-c3nc(N[C@@H]4C[C@@H]5CC[C@H]4N5)ncc3C)c[nH]c2c1. The third-order valence-corrected chi connectivity index (χ3v) is 5.64. The number of aromatic amines is 1. The monoisotopic (exact) mass is 344 g/mol. The summed E-state index contributed by atoms with van der Waals surface area (Å²) in [7, 11) is 0. The zero-order valence-corrected chi connectivity index (χ0v) is 14.6. The van der Waals surface area contributed by atoms with Crippen LogP contribution in [0, 0.1) is 13.5 Å². The van der Waals surface area contributed by atoms with Crippen LogP contribution in [0.4, 0.5) is 11.6 Å². The molecular weight excluding hydrogens is 324 g/mol. The molecule has 0 amide bonds. The minimum Gasteiger partial charge on any atom is -0.362 e. The van der Waals surface area contributed by atoms with E-state index < -0.39 is 0 Å². The second kappa shape index (κ2) is 5.82. The lowest BCUT2D eigenvalue weighted by Crippen LogP contribution is -2.34. The van der Waals surface area contributed by atoms with Crippen molar-refractivity contribution in [1.82, 2.24) is 20.3 Å². The number of aromatic nitrogens is 3. The van der Waals surface area contributed by atoms with E-state index >= 15 is 0 Å². The molecule has 0 aliphatic carbocycles. The lowest BCUT2D eigenvalue weighted by atomic mass is 9.96. The summed E-state index contributed by atoms with van der Waals surface area (Å²) in [6.07, 6.45) is 7.51. The Labute approximate surface area is 151 Å². The molecule has 2 aromatic heterocycles. The third-order valence-electron chi connectivity index (χ3n) is 5.64. The van der Waals surface area contributed by atoms with Gasteiger partial charge in [0.2, 0.25) is 5.95 Å². The van der Waals surface area contributed by atoms with Crippen molar-refractivity contribution < 1.29 is 0 Å². The zero-order chi connectivity index (χ0) is 17.7. The summed E-state index contributed by atoms with van der Waals surface area (Å²) in [6, 6.07) is 7.31. The maximum Gasteiger partial charge on any atom is 0.223 e. The molecule has 6 nitrogen and oxygen atoms in total. The van der Waals surface area contributed by atoms with E-state index in [9.17, 15) is 0 Å². The quantitative estimate of drug-likeness (QED) is 0.632. The van der Waals surface area contributed by atoms with Crippen LogP contribution in [0.3, 0.4) is 0 Å². The molecule has 3 aromatic rings. The number of H-pyrrole nitrogens is 1. The van der Waals surface area contributed by atoms with Gasteiger partial charge in [0, 0.05) is 47.0 Å². The summed E-state index contributed by atoms with van der Waals surface area (Å²) < 4.78 is 0. The van der Waals surface area contributed by atoms with Crippen molar-refractivity contribution in [1.29, 1.82) is 0 Å². The summed E-state index contributed by atoms with van der Waals surface area (Å²) in [6.45, 7) is 9.20. The predicted octanol–water partition coefficient (Wildman–Crippen LogP) is 3.79. The molecule has 2 aliphatic heterocycles. The summed E-state index contributed by atoms with van der Waals surface area (Å²) >= 11 is 0. The summed E-state index contributed by atoms with van der Waals surface area (Å²) in [5.41, 5.74) is 4.61. The highest BCUT2D eigenvalue weighted by Crippen LogP contribution is 2.33. The maximum absolute atomic E-state index is 7.17. The predicted molar refractivity (Wildman–Crippen MR) is 102 cm³/mol. The molecule has 5 rings (SSSR count). The first kappa shape index (κ1) is 15.4. The first-order chi connectivity index (χ1) is 12.7. The van der Waals surface area contributed by atoms with Gasteiger partial charge in [0.05, 0.1) is 12.3 Å². The lowest BCUT2D eigenvalue weighted by molar-refractivity contribution is 0.525. The molecule has 3 N–H and O–H groups in total. The van der Waals surface area contributed by atoms with Gasteiger partial charge >= 0.3 is 0 Å². The molecule has 0 unspecified atom stereocenters. The molecule has 26 heavy (non-hydrogen) atoms. The fourth-order valence-electron chi connectivity index (χ4n) is 4.31. The van der Waals surface area contributed by atoms with E-state index in [1.807, 2.05) is 37.5 Å².